The smallest absolute Gasteiger partial charge is 0.251 e. The summed E-state index contributed by atoms with van der Waals surface area (Å²) in [6, 6.07) is 6.95. The fourth-order valence-electron chi connectivity index (χ4n) is 3.29. The number of nitrogens with one attached hydrogen (secondary N) is 2. The standard InChI is InChI=1S/C20H30N2O3/c1-14(2)11-18(23)13-21-19(24)16-9-6-10-17(12-16)22-20(25)15-7-4-3-5-8-15/h6,9-10,12,14-15,18,23H,3-5,7-8,11,13H2,1-2H3,(H,21,24)(H,22,25). The molecule has 1 aromatic rings. The van der Waals surface area contributed by atoms with Crippen LogP contribution in [0.15, 0.2) is 24.3 Å². The molecule has 5 heteroatoms. The Labute approximate surface area is 150 Å². The molecule has 1 fully saturated rings. The summed E-state index contributed by atoms with van der Waals surface area (Å²) in [7, 11) is 0. The van der Waals surface area contributed by atoms with E-state index >= 15 is 0 Å². The first kappa shape index (κ1) is 19.4. The molecule has 0 heterocycles. The van der Waals surface area contributed by atoms with Crippen molar-refractivity contribution in [2.75, 3.05) is 11.9 Å². The minimum atomic E-state index is -0.543. The Hall–Kier alpha value is -1.88. The molecule has 0 radical (unpaired) electrons. The third-order valence-corrected chi connectivity index (χ3v) is 4.61. The second kappa shape index (κ2) is 9.56. The van der Waals surface area contributed by atoms with Crippen molar-refractivity contribution in [3.05, 3.63) is 29.8 Å². The Morgan fingerprint density at radius 2 is 1.92 bits per heavy atom. The van der Waals surface area contributed by atoms with Gasteiger partial charge in [0.05, 0.1) is 6.10 Å². The van der Waals surface area contributed by atoms with Crippen molar-refractivity contribution < 1.29 is 14.7 Å². The molecule has 1 aliphatic carbocycles. The van der Waals surface area contributed by atoms with E-state index in [0.717, 1.165) is 25.7 Å². The molecule has 1 unspecified atom stereocenters. The van der Waals surface area contributed by atoms with Gasteiger partial charge in [0, 0.05) is 23.7 Å². The zero-order valence-electron chi connectivity index (χ0n) is 15.3. The zero-order chi connectivity index (χ0) is 18.2. The fraction of sp³-hybridized carbons (Fsp3) is 0.600. The van der Waals surface area contributed by atoms with E-state index < -0.39 is 6.10 Å². The minimum Gasteiger partial charge on any atom is -0.391 e. The van der Waals surface area contributed by atoms with Gasteiger partial charge in [-0.3, -0.25) is 9.59 Å². The van der Waals surface area contributed by atoms with Crippen LogP contribution in [0, 0.1) is 11.8 Å². The van der Waals surface area contributed by atoms with E-state index in [1.165, 1.54) is 6.42 Å². The summed E-state index contributed by atoms with van der Waals surface area (Å²) < 4.78 is 0. The van der Waals surface area contributed by atoms with Gasteiger partial charge in [-0.2, -0.15) is 0 Å². The van der Waals surface area contributed by atoms with E-state index in [9.17, 15) is 14.7 Å². The van der Waals surface area contributed by atoms with Crippen LogP contribution in [0.3, 0.4) is 0 Å². The number of benzene rings is 1. The highest BCUT2D eigenvalue weighted by molar-refractivity contribution is 5.97. The van der Waals surface area contributed by atoms with Crippen LogP contribution in [0.2, 0.25) is 0 Å². The average molecular weight is 346 g/mol. The highest BCUT2D eigenvalue weighted by atomic mass is 16.3. The SMILES string of the molecule is CC(C)CC(O)CNC(=O)c1cccc(NC(=O)C2CCCCC2)c1. The van der Waals surface area contributed by atoms with Crippen LogP contribution in [0.1, 0.15) is 62.7 Å². The summed E-state index contributed by atoms with van der Waals surface area (Å²) in [4.78, 5) is 24.6. The van der Waals surface area contributed by atoms with E-state index in [1.54, 1.807) is 24.3 Å². The maximum atomic E-state index is 12.3. The lowest BCUT2D eigenvalue weighted by molar-refractivity contribution is -0.120. The molecule has 2 rings (SSSR count). The monoisotopic (exact) mass is 346 g/mol. The molecule has 3 N–H and O–H groups in total. The summed E-state index contributed by atoms with van der Waals surface area (Å²) in [6.45, 7) is 4.29. The van der Waals surface area contributed by atoms with Gasteiger partial charge in [0.25, 0.3) is 5.91 Å². The van der Waals surface area contributed by atoms with Gasteiger partial charge in [0.2, 0.25) is 5.91 Å². The highest BCUT2D eigenvalue weighted by Gasteiger charge is 2.21. The Balaban J connectivity index is 1.89. The summed E-state index contributed by atoms with van der Waals surface area (Å²) in [5.74, 6) is 0.267. The molecule has 1 saturated carbocycles. The molecule has 0 aromatic heterocycles. The second-order valence-corrected chi connectivity index (χ2v) is 7.40. The van der Waals surface area contributed by atoms with Gasteiger partial charge in [0.1, 0.15) is 0 Å². The van der Waals surface area contributed by atoms with Crippen molar-refractivity contribution in [3.8, 4) is 0 Å². The van der Waals surface area contributed by atoms with Crippen LogP contribution >= 0.6 is 0 Å². The number of aliphatic hydroxyl groups excluding tert-OH is 1. The summed E-state index contributed by atoms with van der Waals surface area (Å²) in [5, 5.41) is 15.5. The summed E-state index contributed by atoms with van der Waals surface area (Å²) >= 11 is 0. The van der Waals surface area contributed by atoms with Crippen molar-refractivity contribution in [3.63, 3.8) is 0 Å². The molecule has 2 amide bonds. The van der Waals surface area contributed by atoms with Gasteiger partial charge in [0.15, 0.2) is 0 Å². The average Bonchev–Trinajstić information content (AvgIpc) is 2.60. The molecule has 1 atom stereocenters. The number of rotatable bonds is 7. The summed E-state index contributed by atoms with van der Waals surface area (Å²) in [6.07, 6.45) is 5.43. The van der Waals surface area contributed by atoms with Crippen LogP contribution < -0.4 is 10.6 Å². The predicted molar refractivity (Wildman–Crippen MR) is 99.4 cm³/mol. The van der Waals surface area contributed by atoms with E-state index in [4.69, 9.17) is 0 Å². The fourth-order valence-corrected chi connectivity index (χ4v) is 3.29. The van der Waals surface area contributed by atoms with Crippen LogP contribution in [0.25, 0.3) is 0 Å². The Kier molecular flexibility index (Phi) is 7.44. The number of amides is 2. The molecule has 1 aliphatic rings. The molecule has 0 saturated heterocycles. The maximum absolute atomic E-state index is 12.3. The van der Waals surface area contributed by atoms with Crippen LogP contribution in [-0.2, 0) is 4.79 Å². The van der Waals surface area contributed by atoms with Gasteiger partial charge in [-0.15, -0.1) is 0 Å². The topological polar surface area (TPSA) is 78.4 Å². The van der Waals surface area contributed by atoms with Crippen LogP contribution in [0.4, 0.5) is 5.69 Å². The lowest BCUT2D eigenvalue weighted by Crippen LogP contribution is -2.32. The number of carbonyl (C=O) groups is 2. The number of hydrogen-bond donors (Lipinski definition) is 3. The first-order chi connectivity index (χ1) is 12.0. The number of carbonyl (C=O) groups excluding carboxylic acids is 2. The van der Waals surface area contributed by atoms with Gasteiger partial charge in [-0.1, -0.05) is 39.2 Å². The zero-order valence-corrected chi connectivity index (χ0v) is 15.3. The molecular formula is C20H30N2O3. The van der Waals surface area contributed by atoms with Gasteiger partial charge < -0.3 is 15.7 Å². The molecular weight excluding hydrogens is 316 g/mol. The Bertz CT molecular complexity index is 580. The quantitative estimate of drug-likeness (QED) is 0.708. The molecule has 1 aromatic carbocycles. The van der Waals surface area contributed by atoms with Crippen LogP contribution in [-0.4, -0.2) is 29.6 Å². The van der Waals surface area contributed by atoms with E-state index in [1.807, 2.05) is 13.8 Å². The largest absolute Gasteiger partial charge is 0.391 e. The van der Waals surface area contributed by atoms with Gasteiger partial charge >= 0.3 is 0 Å². The van der Waals surface area contributed by atoms with Crippen LogP contribution in [0.5, 0.6) is 0 Å². The van der Waals surface area contributed by atoms with Gasteiger partial charge in [-0.05, 0) is 43.4 Å². The van der Waals surface area contributed by atoms with Crippen molar-refractivity contribution in [1.82, 2.24) is 5.32 Å². The first-order valence-corrected chi connectivity index (χ1v) is 9.33. The van der Waals surface area contributed by atoms with Crippen molar-refractivity contribution in [2.24, 2.45) is 11.8 Å². The first-order valence-electron chi connectivity index (χ1n) is 9.33. The predicted octanol–water partition coefficient (Wildman–Crippen LogP) is 3.34. The third-order valence-electron chi connectivity index (χ3n) is 4.61. The molecule has 0 bridgehead atoms. The molecule has 0 aliphatic heterocycles. The molecule has 25 heavy (non-hydrogen) atoms. The minimum absolute atomic E-state index is 0.0459. The Morgan fingerprint density at radius 1 is 1.20 bits per heavy atom. The third kappa shape index (κ3) is 6.50. The Morgan fingerprint density at radius 3 is 2.60 bits per heavy atom. The lowest BCUT2D eigenvalue weighted by atomic mass is 9.88. The van der Waals surface area contributed by atoms with Crippen molar-refractivity contribution in [1.29, 1.82) is 0 Å². The van der Waals surface area contributed by atoms with E-state index in [0.29, 0.717) is 23.6 Å². The second-order valence-electron chi connectivity index (χ2n) is 7.40. The van der Waals surface area contributed by atoms with E-state index in [-0.39, 0.29) is 24.3 Å². The highest BCUT2D eigenvalue weighted by Crippen LogP contribution is 2.25. The maximum Gasteiger partial charge on any atom is 0.251 e. The van der Waals surface area contributed by atoms with Gasteiger partial charge in [-0.25, -0.2) is 0 Å². The molecule has 0 spiro atoms. The van der Waals surface area contributed by atoms with Crippen molar-refractivity contribution >= 4 is 17.5 Å². The normalized spacial score (nSPS) is 16.5. The number of anilines is 1. The lowest BCUT2D eigenvalue weighted by Gasteiger charge is -2.20. The number of aliphatic hydroxyl groups is 1. The number of hydrogen-bond acceptors (Lipinski definition) is 3. The molecule has 5 nitrogen and oxygen atoms in total. The van der Waals surface area contributed by atoms with Crippen molar-refractivity contribution in [2.45, 2.75) is 58.5 Å². The molecule has 138 valence electrons. The van der Waals surface area contributed by atoms with E-state index in [2.05, 4.69) is 10.6 Å². The summed E-state index contributed by atoms with van der Waals surface area (Å²) in [5.41, 5.74) is 1.13.